The van der Waals surface area contributed by atoms with Crippen molar-refractivity contribution in [3.05, 3.63) is 138 Å². The number of hydrogen-bond acceptors (Lipinski definition) is 5. The number of nitrogens with one attached hydrogen (secondary N) is 1. The summed E-state index contributed by atoms with van der Waals surface area (Å²) in [6.45, 7) is 29.4. The first kappa shape index (κ1) is 53.2. The first-order valence-corrected chi connectivity index (χ1v) is 20.1. The predicted molar refractivity (Wildman–Crippen MR) is 232 cm³/mol. The SMILES string of the molecule is C/C=C/C.C=C(/C=C\C(=C/C)Cn1cc(-c2ccc(Cl)cc2Cl)nc1C)C(=O)OC.C=CC#CC(/C=C/C(C=C)/C=C\CC)NS(C)(=O)=O.CC.CC. The molecule has 53 heavy (non-hydrogen) atoms. The van der Waals surface area contributed by atoms with E-state index in [9.17, 15) is 13.2 Å². The quantitative estimate of drug-likeness (QED) is 0.0718. The van der Waals surface area contributed by atoms with E-state index in [2.05, 4.69) is 46.0 Å². The van der Waals surface area contributed by atoms with Crippen LogP contribution in [-0.4, -0.2) is 43.3 Å². The number of allylic oxidation sites excluding steroid dienone is 10. The number of imidazole rings is 1. The van der Waals surface area contributed by atoms with Gasteiger partial charge < -0.3 is 9.30 Å². The topological polar surface area (TPSA) is 90.3 Å². The monoisotopic (exact) mass is 785 g/mol. The van der Waals surface area contributed by atoms with E-state index in [1.165, 1.54) is 13.2 Å². The van der Waals surface area contributed by atoms with Crippen LogP contribution in [0, 0.1) is 24.7 Å². The van der Waals surface area contributed by atoms with Crippen molar-refractivity contribution in [2.24, 2.45) is 5.92 Å². The maximum atomic E-state index is 11.4. The minimum Gasteiger partial charge on any atom is -0.465 e. The number of rotatable bonds is 13. The average Bonchev–Trinajstić information content (AvgIpc) is 3.51. The molecule has 0 aliphatic heterocycles. The molecule has 0 saturated carbocycles. The highest BCUT2D eigenvalue weighted by molar-refractivity contribution is 7.88. The Balaban J connectivity index is -0.000000815. The summed E-state index contributed by atoms with van der Waals surface area (Å²) in [5, 5.41) is 1.14. The van der Waals surface area contributed by atoms with E-state index in [1.807, 2.05) is 122 Å². The van der Waals surface area contributed by atoms with E-state index in [4.69, 9.17) is 23.2 Å². The second-order valence-electron chi connectivity index (χ2n) is 10.2. The van der Waals surface area contributed by atoms with Crippen LogP contribution in [0.2, 0.25) is 10.0 Å². The zero-order valence-corrected chi connectivity index (χ0v) is 35.9. The molecule has 0 aliphatic rings. The highest BCUT2D eigenvalue weighted by atomic mass is 35.5. The number of aromatic nitrogens is 2. The van der Waals surface area contributed by atoms with E-state index >= 15 is 0 Å². The average molecular weight is 787 g/mol. The lowest BCUT2D eigenvalue weighted by molar-refractivity contribution is -0.135. The maximum absolute atomic E-state index is 11.4. The molecule has 7 nitrogen and oxygen atoms in total. The molecule has 2 unspecified atom stereocenters. The Morgan fingerprint density at radius 1 is 1.06 bits per heavy atom. The van der Waals surface area contributed by atoms with Gasteiger partial charge in [-0.15, -0.1) is 6.58 Å². The summed E-state index contributed by atoms with van der Waals surface area (Å²) < 4.78 is 31.5. The van der Waals surface area contributed by atoms with Crippen molar-refractivity contribution in [2.45, 2.75) is 81.3 Å². The van der Waals surface area contributed by atoms with Gasteiger partial charge in [-0.3, -0.25) is 0 Å². The lowest BCUT2D eigenvalue weighted by Crippen LogP contribution is -2.31. The van der Waals surface area contributed by atoms with Crippen molar-refractivity contribution in [2.75, 3.05) is 13.4 Å². The number of sulfonamides is 1. The largest absolute Gasteiger partial charge is 0.465 e. The molecule has 0 saturated heterocycles. The second-order valence-corrected chi connectivity index (χ2v) is 12.8. The summed E-state index contributed by atoms with van der Waals surface area (Å²) in [5.74, 6) is 5.87. The fourth-order valence-electron chi connectivity index (χ4n) is 3.59. The lowest BCUT2D eigenvalue weighted by Gasteiger charge is -2.07. The molecule has 292 valence electrons. The number of esters is 1. The Bertz CT molecular complexity index is 1720. The van der Waals surface area contributed by atoms with Crippen LogP contribution in [0.25, 0.3) is 11.3 Å². The van der Waals surface area contributed by atoms with Crippen LogP contribution in [0.4, 0.5) is 0 Å². The third-order valence-corrected chi connectivity index (χ3v) is 7.49. The molecule has 0 aliphatic carbocycles. The molecule has 2 atom stereocenters. The molecule has 10 heteroatoms. The van der Waals surface area contributed by atoms with E-state index in [-0.39, 0.29) is 5.92 Å². The summed E-state index contributed by atoms with van der Waals surface area (Å²) in [7, 11) is -1.98. The Hall–Kier alpha value is -4.13. The van der Waals surface area contributed by atoms with E-state index in [0.717, 1.165) is 35.3 Å². The number of halogens is 2. The molecule has 1 aromatic carbocycles. The number of methoxy groups -OCH3 is 1. The van der Waals surface area contributed by atoms with Crippen LogP contribution in [0.1, 0.15) is 67.6 Å². The van der Waals surface area contributed by atoms with E-state index < -0.39 is 22.0 Å². The third kappa shape index (κ3) is 25.5. The first-order valence-electron chi connectivity index (χ1n) is 17.4. The standard InChI is InChI=1S/C20H20Cl2N2O2.C15H21NO2S.C4H8.2C2H6/c1-5-15(7-6-13(2)20(25)26-4)11-24-12-19(23-14(24)3)17-9-8-16(21)10-18(17)22;1-5-8-10-14(7-3)12-13-15(11-9-6-2)16-19(4,17)18;1-3-4-2;2*1-2/h5-10,12H,2,11H2,1,3-4H3;6-8,10,12-16H,2-3,5H2,1,4H3;3-4H,1-2H3;2*1-2H3/b7-6-,15-5+;10-8-,13-12+;4-3+;;. The van der Waals surface area contributed by atoms with Crippen LogP contribution >= 0.6 is 23.2 Å². The van der Waals surface area contributed by atoms with Gasteiger partial charge in [0.05, 0.1) is 29.7 Å². The molecule has 1 aromatic heterocycles. The Morgan fingerprint density at radius 3 is 2.15 bits per heavy atom. The molecule has 2 aromatic rings. The Kier molecular flexibility index (Phi) is 32.7. The van der Waals surface area contributed by atoms with E-state index in [0.29, 0.717) is 22.2 Å². The number of carbonyl (C=O) groups is 1. The number of nitrogens with zero attached hydrogens (tertiary/aromatic N) is 2. The smallest absolute Gasteiger partial charge is 0.337 e. The van der Waals surface area contributed by atoms with Gasteiger partial charge in [-0.25, -0.2) is 18.2 Å². The van der Waals surface area contributed by atoms with Gasteiger partial charge in [-0.2, -0.15) is 4.72 Å². The predicted octanol–water partition coefficient (Wildman–Crippen LogP) is 11.5. The molecule has 1 heterocycles. The maximum Gasteiger partial charge on any atom is 0.337 e. The van der Waals surface area contributed by atoms with Crippen molar-refractivity contribution in [1.29, 1.82) is 0 Å². The van der Waals surface area contributed by atoms with Crippen LogP contribution in [-0.2, 0) is 26.1 Å². The van der Waals surface area contributed by atoms with Crippen molar-refractivity contribution in [3.8, 4) is 23.1 Å². The summed E-state index contributed by atoms with van der Waals surface area (Å²) in [4.78, 5) is 16.0. The van der Waals surface area contributed by atoms with Crippen molar-refractivity contribution in [3.63, 3.8) is 0 Å². The van der Waals surface area contributed by atoms with Gasteiger partial charge in [0.2, 0.25) is 10.0 Å². The van der Waals surface area contributed by atoms with Gasteiger partial charge in [0.25, 0.3) is 0 Å². The number of aryl methyl sites for hydroxylation is 1. The van der Waals surface area contributed by atoms with Gasteiger partial charge in [0.15, 0.2) is 0 Å². The van der Waals surface area contributed by atoms with Crippen molar-refractivity contribution < 1.29 is 17.9 Å². The van der Waals surface area contributed by atoms with Gasteiger partial charge in [-0.05, 0) is 70.0 Å². The molecule has 2 rings (SSSR count). The third-order valence-electron chi connectivity index (χ3n) is 6.26. The number of carbonyl (C=O) groups excluding carboxylic acids is 1. The zero-order valence-electron chi connectivity index (χ0n) is 33.5. The summed E-state index contributed by atoms with van der Waals surface area (Å²) >= 11 is 12.2. The van der Waals surface area contributed by atoms with Crippen molar-refractivity contribution in [1.82, 2.24) is 14.3 Å². The summed E-state index contributed by atoms with van der Waals surface area (Å²) in [6.07, 6.45) is 24.2. The second kappa shape index (κ2) is 32.5. The van der Waals surface area contributed by atoms with Crippen LogP contribution < -0.4 is 4.72 Å². The number of hydrogen-bond donors (Lipinski definition) is 1. The van der Waals surface area contributed by atoms with E-state index in [1.54, 1.807) is 30.4 Å². The molecule has 0 bridgehead atoms. The molecule has 0 fully saturated rings. The molecular formula is C43H61Cl2N3O4S. The Labute approximate surface area is 331 Å². The van der Waals surface area contributed by atoms with Crippen LogP contribution in [0.3, 0.4) is 0 Å². The fraction of sp³-hybridized carbons (Fsp3) is 0.349. The van der Waals surface area contributed by atoms with Gasteiger partial charge in [-0.1, -0.05) is 138 Å². The van der Waals surface area contributed by atoms with Gasteiger partial charge in [0, 0.05) is 29.2 Å². The van der Waals surface area contributed by atoms with Crippen LogP contribution in [0.5, 0.6) is 0 Å². The minimum atomic E-state index is -3.31. The first-order chi connectivity index (χ1) is 25.2. The zero-order chi connectivity index (χ0) is 41.4. The molecule has 0 spiro atoms. The van der Waals surface area contributed by atoms with Gasteiger partial charge in [0.1, 0.15) is 11.9 Å². The highest BCUT2D eigenvalue weighted by Crippen LogP contribution is 2.30. The summed E-state index contributed by atoms with van der Waals surface area (Å²) in [6, 6.07) is 4.78. The molecule has 0 amide bonds. The number of ether oxygens (including phenoxy) is 1. The van der Waals surface area contributed by atoms with Gasteiger partial charge >= 0.3 is 5.97 Å². The number of benzene rings is 1. The molecule has 0 radical (unpaired) electrons. The lowest BCUT2D eigenvalue weighted by atomic mass is 10.1. The fourth-order valence-corrected chi connectivity index (χ4v) is 4.69. The summed E-state index contributed by atoms with van der Waals surface area (Å²) in [5.41, 5.74) is 2.91. The van der Waals surface area contributed by atoms with Crippen molar-refractivity contribution >= 4 is 39.2 Å². The minimum absolute atomic E-state index is 0.0642. The molecular weight excluding hydrogens is 725 g/mol. The van der Waals surface area contributed by atoms with Crippen LogP contribution in [0.15, 0.2) is 122 Å². The normalized spacial score (nSPS) is 12.1. The highest BCUT2D eigenvalue weighted by Gasteiger charge is 2.11. The molecule has 1 N–H and O–H groups in total. The Morgan fingerprint density at radius 2 is 1.68 bits per heavy atom.